The predicted octanol–water partition coefficient (Wildman–Crippen LogP) is 1.84. The SMILES string of the molecule is CC(C)CNC(=O)CN(C)c1ncnc2ccccc12. The van der Waals surface area contributed by atoms with E-state index in [1.165, 1.54) is 6.33 Å². The number of rotatable bonds is 5. The molecule has 106 valence electrons. The highest BCUT2D eigenvalue weighted by molar-refractivity contribution is 5.91. The number of likely N-dealkylation sites (N-methyl/N-ethyl adjacent to an activating group) is 1. The zero-order valence-corrected chi connectivity index (χ0v) is 12.1. The molecule has 0 bridgehead atoms. The molecule has 5 nitrogen and oxygen atoms in total. The number of anilines is 1. The Labute approximate surface area is 119 Å². The lowest BCUT2D eigenvalue weighted by atomic mass is 10.2. The van der Waals surface area contributed by atoms with Gasteiger partial charge in [-0.3, -0.25) is 4.79 Å². The molecule has 0 spiro atoms. The maximum absolute atomic E-state index is 11.9. The van der Waals surface area contributed by atoms with Gasteiger partial charge in [-0.05, 0) is 18.1 Å². The molecule has 5 heteroatoms. The van der Waals surface area contributed by atoms with Crippen molar-refractivity contribution in [1.82, 2.24) is 15.3 Å². The van der Waals surface area contributed by atoms with Gasteiger partial charge in [0.25, 0.3) is 0 Å². The summed E-state index contributed by atoms with van der Waals surface area (Å²) in [7, 11) is 1.86. The first kappa shape index (κ1) is 14.2. The second-order valence-electron chi connectivity index (χ2n) is 5.27. The molecular formula is C15H20N4O. The second kappa shape index (κ2) is 6.32. The van der Waals surface area contributed by atoms with Crippen LogP contribution < -0.4 is 10.2 Å². The smallest absolute Gasteiger partial charge is 0.239 e. The molecule has 0 unspecified atom stereocenters. The molecule has 1 heterocycles. The van der Waals surface area contributed by atoms with E-state index < -0.39 is 0 Å². The van der Waals surface area contributed by atoms with Crippen LogP contribution in [0.1, 0.15) is 13.8 Å². The third-order valence-electron chi connectivity index (χ3n) is 2.97. The fourth-order valence-corrected chi connectivity index (χ4v) is 1.96. The topological polar surface area (TPSA) is 58.1 Å². The number of nitrogens with zero attached hydrogens (tertiary/aromatic N) is 3. The summed E-state index contributed by atoms with van der Waals surface area (Å²) >= 11 is 0. The molecule has 1 aromatic heterocycles. The normalized spacial score (nSPS) is 10.8. The summed E-state index contributed by atoms with van der Waals surface area (Å²) < 4.78 is 0. The molecule has 1 N–H and O–H groups in total. The summed E-state index contributed by atoms with van der Waals surface area (Å²) in [6, 6.07) is 7.79. The Morgan fingerprint density at radius 3 is 2.80 bits per heavy atom. The first-order chi connectivity index (χ1) is 9.58. The number of carbonyl (C=O) groups is 1. The Morgan fingerprint density at radius 2 is 2.05 bits per heavy atom. The summed E-state index contributed by atoms with van der Waals surface area (Å²) in [6.45, 7) is 5.12. The van der Waals surface area contributed by atoms with Crippen molar-refractivity contribution < 1.29 is 4.79 Å². The van der Waals surface area contributed by atoms with Crippen molar-refractivity contribution in [2.45, 2.75) is 13.8 Å². The maximum atomic E-state index is 11.9. The standard InChI is InChI=1S/C15H20N4O/c1-11(2)8-16-14(20)9-19(3)15-12-6-4-5-7-13(12)17-10-18-15/h4-7,10-11H,8-9H2,1-3H3,(H,16,20). The largest absolute Gasteiger partial charge is 0.354 e. The molecule has 0 fully saturated rings. The van der Waals surface area contributed by atoms with Crippen LogP contribution in [0.15, 0.2) is 30.6 Å². The summed E-state index contributed by atoms with van der Waals surface area (Å²) in [4.78, 5) is 22.2. The van der Waals surface area contributed by atoms with Crippen LogP contribution in [0.3, 0.4) is 0 Å². The van der Waals surface area contributed by atoms with E-state index in [0.717, 1.165) is 16.7 Å². The number of amides is 1. The van der Waals surface area contributed by atoms with Crippen molar-refractivity contribution in [2.24, 2.45) is 5.92 Å². The lowest BCUT2D eigenvalue weighted by Gasteiger charge is -2.19. The van der Waals surface area contributed by atoms with Gasteiger partial charge in [0.2, 0.25) is 5.91 Å². The van der Waals surface area contributed by atoms with Crippen LogP contribution in [0.5, 0.6) is 0 Å². The number of hydrogen-bond donors (Lipinski definition) is 1. The first-order valence-electron chi connectivity index (χ1n) is 6.75. The Kier molecular flexibility index (Phi) is 4.50. The van der Waals surface area contributed by atoms with Gasteiger partial charge in [-0.1, -0.05) is 26.0 Å². The highest BCUT2D eigenvalue weighted by Crippen LogP contribution is 2.20. The molecule has 0 saturated carbocycles. The molecule has 0 saturated heterocycles. The molecule has 20 heavy (non-hydrogen) atoms. The minimum atomic E-state index is 0.00360. The summed E-state index contributed by atoms with van der Waals surface area (Å²) in [5.74, 6) is 1.23. The molecule has 0 radical (unpaired) electrons. The lowest BCUT2D eigenvalue weighted by Crippen LogP contribution is -2.37. The van der Waals surface area contributed by atoms with Crippen molar-refractivity contribution in [1.29, 1.82) is 0 Å². The van der Waals surface area contributed by atoms with Gasteiger partial charge >= 0.3 is 0 Å². The molecule has 0 aliphatic heterocycles. The average Bonchev–Trinajstić information content (AvgIpc) is 2.44. The Balaban J connectivity index is 2.11. The number of para-hydroxylation sites is 1. The number of benzene rings is 1. The van der Waals surface area contributed by atoms with Gasteiger partial charge < -0.3 is 10.2 Å². The van der Waals surface area contributed by atoms with Gasteiger partial charge in [-0.15, -0.1) is 0 Å². The van der Waals surface area contributed by atoms with E-state index >= 15 is 0 Å². The zero-order valence-electron chi connectivity index (χ0n) is 12.1. The number of carbonyl (C=O) groups excluding carboxylic acids is 1. The van der Waals surface area contributed by atoms with Crippen LogP contribution in [-0.2, 0) is 4.79 Å². The van der Waals surface area contributed by atoms with Gasteiger partial charge in [0, 0.05) is 19.0 Å². The maximum Gasteiger partial charge on any atom is 0.239 e. The van der Waals surface area contributed by atoms with Gasteiger partial charge in [0.15, 0.2) is 0 Å². The number of nitrogens with one attached hydrogen (secondary N) is 1. The molecule has 0 aliphatic carbocycles. The minimum Gasteiger partial charge on any atom is -0.354 e. The monoisotopic (exact) mass is 272 g/mol. The first-order valence-corrected chi connectivity index (χ1v) is 6.75. The molecule has 2 aromatic rings. The van der Waals surface area contributed by atoms with Crippen LogP contribution in [0.25, 0.3) is 10.9 Å². The van der Waals surface area contributed by atoms with E-state index in [2.05, 4.69) is 29.1 Å². The van der Waals surface area contributed by atoms with Crippen LogP contribution in [0.2, 0.25) is 0 Å². The van der Waals surface area contributed by atoms with Crippen LogP contribution in [-0.4, -0.2) is 36.0 Å². The van der Waals surface area contributed by atoms with Crippen molar-refractivity contribution >= 4 is 22.6 Å². The van der Waals surface area contributed by atoms with E-state index in [1.807, 2.05) is 36.2 Å². The molecule has 0 aliphatic rings. The van der Waals surface area contributed by atoms with Crippen molar-refractivity contribution in [2.75, 3.05) is 25.0 Å². The average molecular weight is 272 g/mol. The molecule has 1 aromatic carbocycles. The number of fused-ring (bicyclic) bond motifs is 1. The highest BCUT2D eigenvalue weighted by Gasteiger charge is 2.11. The molecule has 1 amide bonds. The van der Waals surface area contributed by atoms with Crippen LogP contribution in [0, 0.1) is 5.92 Å². The van der Waals surface area contributed by atoms with E-state index in [9.17, 15) is 4.79 Å². The summed E-state index contributed by atoms with van der Waals surface area (Å²) in [5, 5.41) is 3.86. The van der Waals surface area contributed by atoms with Crippen molar-refractivity contribution in [3.63, 3.8) is 0 Å². The fraction of sp³-hybridized carbons (Fsp3) is 0.400. The summed E-state index contributed by atoms with van der Waals surface area (Å²) in [6.07, 6.45) is 1.53. The third kappa shape index (κ3) is 3.44. The summed E-state index contributed by atoms with van der Waals surface area (Å²) in [5.41, 5.74) is 0.881. The van der Waals surface area contributed by atoms with Crippen molar-refractivity contribution in [3.05, 3.63) is 30.6 Å². The highest BCUT2D eigenvalue weighted by atomic mass is 16.2. The predicted molar refractivity (Wildman–Crippen MR) is 80.7 cm³/mol. The Hall–Kier alpha value is -2.17. The molecule has 2 rings (SSSR count). The van der Waals surface area contributed by atoms with E-state index in [0.29, 0.717) is 12.5 Å². The Morgan fingerprint density at radius 1 is 1.30 bits per heavy atom. The van der Waals surface area contributed by atoms with Gasteiger partial charge in [-0.2, -0.15) is 0 Å². The Bertz CT molecular complexity index is 592. The second-order valence-corrected chi connectivity index (χ2v) is 5.27. The van der Waals surface area contributed by atoms with E-state index in [1.54, 1.807) is 0 Å². The van der Waals surface area contributed by atoms with Crippen molar-refractivity contribution in [3.8, 4) is 0 Å². The van der Waals surface area contributed by atoms with E-state index in [4.69, 9.17) is 0 Å². The zero-order chi connectivity index (χ0) is 14.5. The van der Waals surface area contributed by atoms with Gasteiger partial charge in [0.1, 0.15) is 12.1 Å². The number of hydrogen-bond acceptors (Lipinski definition) is 4. The lowest BCUT2D eigenvalue weighted by molar-refractivity contribution is -0.119. The minimum absolute atomic E-state index is 0.00360. The van der Waals surface area contributed by atoms with E-state index in [-0.39, 0.29) is 12.5 Å². The fourth-order valence-electron chi connectivity index (χ4n) is 1.96. The number of aromatic nitrogens is 2. The van der Waals surface area contributed by atoms with Gasteiger partial charge in [-0.25, -0.2) is 9.97 Å². The van der Waals surface area contributed by atoms with Crippen LogP contribution >= 0.6 is 0 Å². The van der Waals surface area contributed by atoms with Crippen LogP contribution in [0.4, 0.5) is 5.82 Å². The quantitative estimate of drug-likeness (QED) is 0.902. The third-order valence-corrected chi connectivity index (χ3v) is 2.97. The molecule has 0 atom stereocenters. The van der Waals surface area contributed by atoms with Gasteiger partial charge in [0.05, 0.1) is 12.1 Å². The molecular weight excluding hydrogens is 252 g/mol.